The first-order chi connectivity index (χ1) is 6.76. The van der Waals surface area contributed by atoms with Gasteiger partial charge in [-0.1, -0.05) is 0 Å². The van der Waals surface area contributed by atoms with E-state index in [1.54, 1.807) is 0 Å². The normalized spacial score (nSPS) is 29.6. The van der Waals surface area contributed by atoms with Crippen molar-refractivity contribution < 1.29 is 9.53 Å². The van der Waals surface area contributed by atoms with E-state index in [1.807, 2.05) is 0 Å². The molecule has 0 radical (unpaired) electrons. The summed E-state index contributed by atoms with van der Waals surface area (Å²) in [5.41, 5.74) is 5.59. The van der Waals surface area contributed by atoms with Crippen LogP contribution in [0.15, 0.2) is 0 Å². The van der Waals surface area contributed by atoms with Gasteiger partial charge in [-0.15, -0.1) is 0 Å². The Morgan fingerprint density at radius 2 is 2.36 bits per heavy atom. The maximum atomic E-state index is 11.8. The Morgan fingerprint density at radius 3 is 2.79 bits per heavy atom. The summed E-state index contributed by atoms with van der Waals surface area (Å²) in [7, 11) is 0. The van der Waals surface area contributed by atoms with Gasteiger partial charge in [-0.3, -0.25) is 4.79 Å². The van der Waals surface area contributed by atoms with E-state index in [1.165, 1.54) is 6.42 Å². The number of carbonyl (C=O) groups excluding carboxylic acids is 1. The number of amides is 1. The third-order valence-corrected chi connectivity index (χ3v) is 3.39. The van der Waals surface area contributed by atoms with Gasteiger partial charge in [0.2, 0.25) is 5.91 Å². The molecule has 0 aromatic carbocycles. The van der Waals surface area contributed by atoms with Gasteiger partial charge in [0.1, 0.15) is 0 Å². The zero-order valence-electron chi connectivity index (χ0n) is 8.42. The molecule has 1 aliphatic carbocycles. The van der Waals surface area contributed by atoms with Crippen molar-refractivity contribution >= 4 is 5.91 Å². The molecule has 0 bridgehead atoms. The average molecular weight is 198 g/mol. The lowest BCUT2D eigenvalue weighted by Crippen LogP contribution is -2.59. The average Bonchev–Trinajstić information content (AvgIpc) is 2.63. The molecular weight excluding hydrogens is 180 g/mol. The monoisotopic (exact) mass is 198 g/mol. The van der Waals surface area contributed by atoms with Crippen molar-refractivity contribution in [2.24, 2.45) is 11.7 Å². The fourth-order valence-corrected chi connectivity index (χ4v) is 2.09. The summed E-state index contributed by atoms with van der Waals surface area (Å²) < 4.78 is 5.19. The van der Waals surface area contributed by atoms with Crippen LogP contribution in [0.3, 0.4) is 0 Å². The molecule has 2 aliphatic rings. The van der Waals surface area contributed by atoms with Gasteiger partial charge in [0.05, 0.1) is 18.1 Å². The van der Waals surface area contributed by atoms with Crippen LogP contribution in [0.1, 0.15) is 25.7 Å². The fourth-order valence-electron chi connectivity index (χ4n) is 2.09. The molecule has 0 aromatic rings. The molecule has 1 saturated carbocycles. The largest absolute Gasteiger partial charge is 0.381 e. The van der Waals surface area contributed by atoms with Gasteiger partial charge < -0.3 is 15.8 Å². The van der Waals surface area contributed by atoms with Crippen molar-refractivity contribution in [3.8, 4) is 0 Å². The van der Waals surface area contributed by atoms with Crippen LogP contribution >= 0.6 is 0 Å². The number of hydrogen-bond donors (Lipinski definition) is 2. The Hall–Kier alpha value is -0.610. The van der Waals surface area contributed by atoms with Crippen molar-refractivity contribution in [3.63, 3.8) is 0 Å². The molecule has 1 aliphatic heterocycles. The molecule has 80 valence electrons. The van der Waals surface area contributed by atoms with Crippen LogP contribution in [-0.4, -0.2) is 31.2 Å². The maximum Gasteiger partial charge on any atom is 0.226 e. The maximum absolute atomic E-state index is 11.8. The Labute approximate surface area is 84.2 Å². The molecule has 4 heteroatoms. The highest BCUT2D eigenvalue weighted by molar-refractivity contribution is 5.80. The SMILES string of the molecule is NCC1(NC(=O)C2CCOC2)CCC1. The van der Waals surface area contributed by atoms with Crippen LogP contribution in [0.4, 0.5) is 0 Å². The number of hydrogen-bond acceptors (Lipinski definition) is 3. The van der Waals surface area contributed by atoms with Crippen LogP contribution in [0.2, 0.25) is 0 Å². The zero-order chi connectivity index (χ0) is 10.0. The van der Waals surface area contributed by atoms with Crippen LogP contribution in [0.5, 0.6) is 0 Å². The molecule has 4 nitrogen and oxygen atoms in total. The highest BCUT2D eigenvalue weighted by atomic mass is 16.5. The second-order valence-electron chi connectivity index (χ2n) is 4.39. The Balaban J connectivity index is 1.86. The highest BCUT2D eigenvalue weighted by Gasteiger charge is 2.38. The fraction of sp³-hybridized carbons (Fsp3) is 0.900. The summed E-state index contributed by atoms with van der Waals surface area (Å²) in [6, 6.07) is 0. The Bertz CT molecular complexity index is 215. The molecule has 14 heavy (non-hydrogen) atoms. The van der Waals surface area contributed by atoms with Gasteiger partial charge in [-0.05, 0) is 25.7 Å². The standard InChI is InChI=1S/C10H18N2O2/c11-7-10(3-1-4-10)12-9(13)8-2-5-14-6-8/h8H,1-7,11H2,(H,12,13). The second kappa shape index (κ2) is 3.87. The summed E-state index contributed by atoms with van der Waals surface area (Å²) in [5, 5.41) is 3.08. The third kappa shape index (κ3) is 1.77. The number of nitrogens with two attached hydrogens (primary N) is 1. The predicted molar refractivity (Wildman–Crippen MR) is 52.7 cm³/mol. The molecule has 2 rings (SSSR count). The lowest BCUT2D eigenvalue weighted by atomic mass is 9.76. The van der Waals surface area contributed by atoms with Crippen molar-refractivity contribution in [2.75, 3.05) is 19.8 Å². The van der Waals surface area contributed by atoms with Gasteiger partial charge in [0.25, 0.3) is 0 Å². The molecule has 1 saturated heterocycles. The molecular formula is C10H18N2O2. The van der Waals surface area contributed by atoms with Crippen LogP contribution < -0.4 is 11.1 Å². The van der Waals surface area contributed by atoms with E-state index in [4.69, 9.17) is 10.5 Å². The minimum absolute atomic E-state index is 0.0547. The molecule has 0 aromatic heterocycles. The molecule has 0 spiro atoms. The van der Waals surface area contributed by atoms with Crippen molar-refractivity contribution in [3.05, 3.63) is 0 Å². The Morgan fingerprint density at radius 1 is 1.57 bits per heavy atom. The van der Waals surface area contributed by atoms with E-state index < -0.39 is 0 Å². The van der Waals surface area contributed by atoms with Gasteiger partial charge >= 0.3 is 0 Å². The first-order valence-corrected chi connectivity index (χ1v) is 5.36. The quantitative estimate of drug-likeness (QED) is 0.672. The van der Waals surface area contributed by atoms with Gasteiger partial charge in [0, 0.05) is 13.2 Å². The van der Waals surface area contributed by atoms with E-state index in [-0.39, 0.29) is 17.4 Å². The molecule has 1 atom stereocenters. The van der Waals surface area contributed by atoms with Crippen molar-refractivity contribution in [1.29, 1.82) is 0 Å². The lowest BCUT2D eigenvalue weighted by molar-refractivity contribution is -0.127. The molecule has 1 heterocycles. The predicted octanol–water partition coefficient (Wildman–Crippen LogP) is 0.0205. The molecule has 2 fully saturated rings. The summed E-state index contributed by atoms with van der Waals surface area (Å²) in [4.78, 5) is 11.8. The van der Waals surface area contributed by atoms with Gasteiger partial charge in [0.15, 0.2) is 0 Å². The van der Waals surface area contributed by atoms with Gasteiger partial charge in [-0.25, -0.2) is 0 Å². The number of rotatable bonds is 3. The minimum atomic E-state index is -0.0837. The first-order valence-electron chi connectivity index (χ1n) is 5.36. The van der Waals surface area contributed by atoms with Crippen LogP contribution in [0.25, 0.3) is 0 Å². The van der Waals surface area contributed by atoms with Crippen LogP contribution in [-0.2, 0) is 9.53 Å². The third-order valence-electron chi connectivity index (χ3n) is 3.39. The highest BCUT2D eigenvalue weighted by Crippen LogP contribution is 2.31. The zero-order valence-corrected chi connectivity index (χ0v) is 8.42. The summed E-state index contributed by atoms with van der Waals surface area (Å²) >= 11 is 0. The van der Waals surface area contributed by atoms with Crippen molar-refractivity contribution in [2.45, 2.75) is 31.2 Å². The summed E-state index contributed by atoms with van der Waals surface area (Å²) in [6.45, 7) is 1.85. The number of nitrogens with one attached hydrogen (secondary N) is 1. The smallest absolute Gasteiger partial charge is 0.226 e. The second-order valence-corrected chi connectivity index (χ2v) is 4.39. The topological polar surface area (TPSA) is 64.3 Å². The summed E-state index contributed by atoms with van der Waals surface area (Å²) in [6.07, 6.45) is 4.09. The molecule has 3 N–H and O–H groups in total. The van der Waals surface area contributed by atoms with E-state index in [0.29, 0.717) is 19.8 Å². The number of ether oxygens (including phenoxy) is 1. The van der Waals surface area contributed by atoms with E-state index in [0.717, 1.165) is 19.3 Å². The van der Waals surface area contributed by atoms with E-state index >= 15 is 0 Å². The van der Waals surface area contributed by atoms with Gasteiger partial charge in [-0.2, -0.15) is 0 Å². The molecule has 1 amide bonds. The Kier molecular flexibility index (Phi) is 2.74. The van der Waals surface area contributed by atoms with Crippen LogP contribution in [0, 0.1) is 5.92 Å². The lowest BCUT2D eigenvalue weighted by Gasteiger charge is -2.42. The van der Waals surface area contributed by atoms with E-state index in [2.05, 4.69) is 5.32 Å². The minimum Gasteiger partial charge on any atom is -0.381 e. The first kappa shape index (κ1) is 9.93. The number of carbonyl (C=O) groups is 1. The molecule has 1 unspecified atom stereocenters. The summed E-state index contributed by atoms with van der Waals surface area (Å²) in [5.74, 6) is 0.187. The van der Waals surface area contributed by atoms with E-state index in [9.17, 15) is 4.79 Å². The van der Waals surface area contributed by atoms with Crippen molar-refractivity contribution in [1.82, 2.24) is 5.32 Å².